The summed E-state index contributed by atoms with van der Waals surface area (Å²) in [5.41, 5.74) is 0. The fourth-order valence-corrected chi connectivity index (χ4v) is 8.62. The Bertz CT molecular complexity index is 1700. The second-order valence-corrected chi connectivity index (χ2v) is 22.3. The fraction of sp³-hybridized carbons (Fsp3) is 0.662. The zero-order chi connectivity index (χ0) is 55.0. The number of quaternary nitrogens is 1. The van der Waals surface area contributed by atoms with E-state index in [2.05, 4.69) is 129 Å². The Kier molecular flexibility index (Phi) is 51.2. The van der Waals surface area contributed by atoms with Gasteiger partial charge in [0, 0.05) is 12.8 Å². The molecule has 428 valence electrons. The molecule has 0 spiro atoms. The molecule has 3 unspecified atom stereocenters. The van der Waals surface area contributed by atoms with Gasteiger partial charge in [0.2, 0.25) is 5.91 Å². The third-order valence-corrected chi connectivity index (χ3v) is 13.4. The number of likely N-dealkylation sites (N-methyl/N-ethyl adjacent to an activating group) is 1. The summed E-state index contributed by atoms with van der Waals surface area (Å²) in [5.74, 6) is -0.557. The number of allylic oxidation sites excluding steroid dienone is 19. The topological polar surface area (TPSA) is 111 Å². The number of unbranched alkanes of at least 4 members (excludes halogenated alkanes) is 20. The SMILES string of the molecule is CC/C=C\C/C=C\C/C=C\C/C=C\C/C=C\C/C=C\CCCCCCCCC(=O)OC(/C=C\CCCCCCCCCCC)C(COP(=O)(O)OCC[N+](C)(C)C)NC(=O)CCCCCCC\C=C/C=C/C=C/CC. The largest absolute Gasteiger partial charge is 0.472 e. The van der Waals surface area contributed by atoms with E-state index >= 15 is 0 Å². The van der Waals surface area contributed by atoms with Crippen LogP contribution in [0.15, 0.2) is 122 Å². The maximum absolute atomic E-state index is 13.5. The molecule has 0 aliphatic heterocycles. The first kappa shape index (κ1) is 71.4. The molecule has 9 nitrogen and oxygen atoms in total. The van der Waals surface area contributed by atoms with Crippen LogP contribution in [0.2, 0.25) is 0 Å². The van der Waals surface area contributed by atoms with Gasteiger partial charge in [-0.2, -0.15) is 0 Å². The number of hydrogen-bond acceptors (Lipinski definition) is 6. The average Bonchev–Trinajstić information content (AvgIpc) is 3.37. The highest BCUT2D eigenvalue weighted by Gasteiger charge is 2.30. The predicted molar refractivity (Wildman–Crippen MR) is 323 cm³/mol. The van der Waals surface area contributed by atoms with E-state index in [9.17, 15) is 19.0 Å². The van der Waals surface area contributed by atoms with Gasteiger partial charge in [0.1, 0.15) is 19.3 Å². The molecule has 10 heteroatoms. The number of esters is 1. The standard InChI is InChI=1S/C65H111N2O7P/c1-7-10-13-16-19-22-25-27-28-29-30-31-32-33-34-35-36-37-38-40-43-46-49-52-55-58-65(69)74-63(56-53-50-47-44-41-24-21-18-15-12-9-3)62(61-73-75(70,71)72-60-59-67(4,5)6)66-64(68)57-54-51-48-45-42-39-26-23-20-17-14-11-8-2/h10-11,13-14,17,19-20,22-23,26-28,30-31,33-34,36-37,53,56,62-63H,7-9,12,15-16,18,21,24-25,29,32,35,38-52,54-55,57-61H2,1-6H3,(H-,66,68,70,71)/p+1/b13-10-,14-11+,20-17+,22-19-,26-23-,28-27-,31-30-,34-33-,37-36-,56-53-. The van der Waals surface area contributed by atoms with Gasteiger partial charge in [0.25, 0.3) is 0 Å². The molecule has 0 saturated heterocycles. The van der Waals surface area contributed by atoms with Crippen molar-refractivity contribution in [1.82, 2.24) is 5.32 Å². The summed E-state index contributed by atoms with van der Waals surface area (Å²) >= 11 is 0. The van der Waals surface area contributed by atoms with Crippen molar-refractivity contribution in [3.8, 4) is 0 Å². The summed E-state index contributed by atoms with van der Waals surface area (Å²) < 4.78 is 30.6. The van der Waals surface area contributed by atoms with Crippen LogP contribution in [0.25, 0.3) is 0 Å². The van der Waals surface area contributed by atoms with Crippen molar-refractivity contribution in [3.05, 3.63) is 122 Å². The molecule has 0 rings (SSSR count). The minimum Gasteiger partial charge on any atom is -0.456 e. The summed E-state index contributed by atoms with van der Waals surface area (Å²) in [4.78, 5) is 37.6. The van der Waals surface area contributed by atoms with Gasteiger partial charge in [-0.1, -0.05) is 233 Å². The first-order chi connectivity index (χ1) is 36.4. The van der Waals surface area contributed by atoms with E-state index in [-0.39, 0.29) is 31.5 Å². The molecule has 0 radical (unpaired) electrons. The van der Waals surface area contributed by atoms with Gasteiger partial charge >= 0.3 is 13.8 Å². The van der Waals surface area contributed by atoms with Gasteiger partial charge in [-0.05, 0) is 102 Å². The number of phosphoric acid groups is 1. The van der Waals surface area contributed by atoms with Crippen molar-refractivity contribution >= 4 is 19.7 Å². The lowest BCUT2D eigenvalue weighted by molar-refractivity contribution is -0.870. The minimum absolute atomic E-state index is 0.0266. The fourth-order valence-electron chi connectivity index (χ4n) is 7.88. The van der Waals surface area contributed by atoms with Crippen LogP contribution in [-0.2, 0) is 27.9 Å². The van der Waals surface area contributed by atoms with Crippen LogP contribution in [0.1, 0.15) is 226 Å². The number of hydrogen-bond donors (Lipinski definition) is 2. The quantitative estimate of drug-likeness (QED) is 0.0156. The Hall–Kier alpha value is -3.59. The molecule has 0 fully saturated rings. The van der Waals surface area contributed by atoms with Gasteiger partial charge in [-0.3, -0.25) is 18.6 Å². The first-order valence-electron chi connectivity index (χ1n) is 29.9. The number of carbonyl (C=O) groups excluding carboxylic acids is 2. The lowest BCUT2D eigenvalue weighted by Gasteiger charge is -2.27. The Morgan fingerprint density at radius 1 is 0.493 bits per heavy atom. The maximum atomic E-state index is 13.5. The van der Waals surface area contributed by atoms with Crippen LogP contribution in [0, 0.1) is 0 Å². The van der Waals surface area contributed by atoms with Crippen molar-refractivity contribution in [2.24, 2.45) is 0 Å². The van der Waals surface area contributed by atoms with E-state index in [0.717, 1.165) is 141 Å². The molecule has 2 N–H and O–H groups in total. The van der Waals surface area contributed by atoms with Crippen molar-refractivity contribution in [1.29, 1.82) is 0 Å². The summed E-state index contributed by atoms with van der Waals surface area (Å²) in [6.07, 6.45) is 74.9. The molecule has 3 atom stereocenters. The van der Waals surface area contributed by atoms with Crippen LogP contribution in [0.5, 0.6) is 0 Å². The van der Waals surface area contributed by atoms with Crippen LogP contribution < -0.4 is 5.32 Å². The second kappa shape index (κ2) is 53.8. The second-order valence-electron chi connectivity index (χ2n) is 20.8. The van der Waals surface area contributed by atoms with Gasteiger partial charge in [0.05, 0.1) is 33.8 Å². The van der Waals surface area contributed by atoms with Crippen molar-refractivity contribution < 1.29 is 37.3 Å². The lowest BCUT2D eigenvalue weighted by atomic mass is 10.1. The normalized spacial score (nSPS) is 14.6. The maximum Gasteiger partial charge on any atom is 0.472 e. The van der Waals surface area contributed by atoms with E-state index in [0.29, 0.717) is 23.9 Å². The van der Waals surface area contributed by atoms with Gasteiger partial charge in [-0.25, -0.2) is 4.57 Å². The Morgan fingerprint density at radius 3 is 1.43 bits per heavy atom. The molecule has 75 heavy (non-hydrogen) atoms. The predicted octanol–water partition coefficient (Wildman–Crippen LogP) is 18.3. The number of nitrogens with zero attached hydrogens (tertiary/aromatic N) is 1. The lowest BCUT2D eigenvalue weighted by Crippen LogP contribution is -2.47. The van der Waals surface area contributed by atoms with E-state index in [1.807, 2.05) is 39.4 Å². The van der Waals surface area contributed by atoms with E-state index in [4.69, 9.17) is 13.8 Å². The number of nitrogens with one attached hydrogen (secondary N) is 1. The highest BCUT2D eigenvalue weighted by Crippen LogP contribution is 2.43. The number of rotatable bonds is 52. The Balaban J connectivity index is 5.22. The minimum atomic E-state index is -4.46. The van der Waals surface area contributed by atoms with Gasteiger partial charge < -0.3 is 19.4 Å². The van der Waals surface area contributed by atoms with Crippen LogP contribution in [0.4, 0.5) is 0 Å². The monoisotopic (exact) mass is 1060 g/mol. The average molecular weight is 1060 g/mol. The molecule has 0 saturated carbocycles. The summed E-state index contributed by atoms with van der Waals surface area (Å²) in [7, 11) is 1.45. The number of amides is 1. The first-order valence-corrected chi connectivity index (χ1v) is 31.4. The van der Waals surface area contributed by atoms with Crippen LogP contribution in [0.3, 0.4) is 0 Å². The van der Waals surface area contributed by atoms with E-state index in [1.165, 1.54) is 44.9 Å². The summed E-state index contributed by atoms with van der Waals surface area (Å²) in [6.45, 7) is 6.71. The van der Waals surface area contributed by atoms with Crippen LogP contribution in [-0.4, -0.2) is 74.3 Å². The highest BCUT2D eigenvalue weighted by molar-refractivity contribution is 7.47. The molecule has 1 amide bonds. The highest BCUT2D eigenvalue weighted by atomic mass is 31.2. The Morgan fingerprint density at radius 2 is 0.920 bits per heavy atom. The zero-order valence-electron chi connectivity index (χ0n) is 48.7. The van der Waals surface area contributed by atoms with E-state index < -0.39 is 20.0 Å². The molecule has 0 heterocycles. The molecule has 0 aromatic heterocycles. The molecule has 0 aliphatic carbocycles. The van der Waals surface area contributed by atoms with Crippen molar-refractivity contribution in [3.63, 3.8) is 0 Å². The van der Waals surface area contributed by atoms with Crippen LogP contribution >= 0.6 is 7.82 Å². The van der Waals surface area contributed by atoms with E-state index in [1.54, 1.807) is 0 Å². The van der Waals surface area contributed by atoms with Crippen molar-refractivity contribution in [2.45, 2.75) is 238 Å². The number of phosphoric ester groups is 1. The summed E-state index contributed by atoms with van der Waals surface area (Å²) in [5, 5.41) is 3.03. The van der Waals surface area contributed by atoms with Gasteiger partial charge in [-0.15, -0.1) is 0 Å². The molecule has 0 aliphatic rings. The van der Waals surface area contributed by atoms with Gasteiger partial charge in [0.15, 0.2) is 0 Å². The number of carbonyl (C=O) groups is 2. The number of ether oxygens (including phenoxy) is 1. The molecule has 0 aromatic rings. The van der Waals surface area contributed by atoms with Crippen molar-refractivity contribution in [2.75, 3.05) is 40.9 Å². The summed E-state index contributed by atoms with van der Waals surface area (Å²) in [6, 6.07) is -0.872. The third-order valence-electron chi connectivity index (χ3n) is 12.5. The smallest absolute Gasteiger partial charge is 0.456 e. The zero-order valence-corrected chi connectivity index (χ0v) is 49.6. The molecular formula is C65H112N2O7P+. The third kappa shape index (κ3) is 55.0. The Labute approximate surface area is 461 Å². The molecular weight excluding hydrogens is 952 g/mol. The molecule has 0 bridgehead atoms. The molecule has 0 aromatic carbocycles.